The molecule has 3 aliphatic heterocycles. The molecular weight excluding hydrogens is 732 g/mol. The summed E-state index contributed by atoms with van der Waals surface area (Å²) in [7, 11) is 0. The highest BCUT2D eigenvalue weighted by Gasteiger charge is 2.51. The number of phenols is 2. The van der Waals surface area contributed by atoms with Crippen LogP contribution in [-0.4, -0.2) is 178 Å². The van der Waals surface area contributed by atoms with Crippen LogP contribution in [0.15, 0.2) is 45.6 Å². The maximum Gasteiger partial charge on any atom is 0.239 e. The van der Waals surface area contributed by atoms with E-state index in [1.54, 1.807) is 0 Å². The van der Waals surface area contributed by atoms with Gasteiger partial charge in [-0.15, -0.1) is 0 Å². The Balaban J connectivity index is 1.32. The molecular formula is C33H40O21. The summed E-state index contributed by atoms with van der Waals surface area (Å²) in [5.41, 5.74) is -1.32. The highest BCUT2D eigenvalue weighted by molar-refractivity contribution is 5.88. The van der Waals surface area contributed by atoms with Crippen molar-refractivity contribution in [3.05, 3.63) is 46.6 Å². The maximum atomic E-state index is 14.0. The average molecular weight is 773 g/mol. The van der Waals surface area contributed by atoms with E-state index in [1.807, 2.05) is 0 Å². The van der Waals surface area contributed by atoms with E-state index in [0.717, 1.165) is 12.1 Å². The van der Waals surface area contributed by atoms with Crippen LogP contribution in [0.2, 0.25) is 0 Å². The molecule has 21 nitrogen and oxygen atoms in total. The van der Waals surface area contributed by atoms with E-state index in [2.05, 4.69) is 0 Å². The van der Waals surface area contributed by atoms with Crippen LogP contribution < -0.4 is 14.9 Å². The molecule has 0 radical (unpaired) electrons. The lowest BCUT2D eigenvalue weighted by Crippen LogP contribution is -2.65. The predicted molar refractivity (Wildman–Crippen MR) is 173 cm³/mol. The van der Waals surface area contributed by atoms with Gasteiger partial charge in [0.25, 0.3) is 0 Å². The summed E-state index contributed by atoms with van der Waals surface area (Å²) in [6, 6.07) is 7.12. The van der Waals surface area contributed by atoms with Gasteiger partial charge in [0.15, 0.2) is 12.1 Å². The van der Waals surface area contributed by atoms with Crippen molar-refractivity contribution in [3.63, 3.8) is 0 Å². The van der Waals surface area contributed by atoms with Crippen molar-refractivity contribution in [2.75, 3.05) is 19.8 Å². The van der Waals surface area contributed by atoms with Crippen molar-refractivity contribution in [1.29, 1.82) is 0 Å². The minimum Gasteiger partial charge on any atom is -0.508 e. The summed E-state index contributed by atoms with van der Waals surface area (Å²) < 4.78 is 39.2. The van der Waals surface area contributed by atoms with E-state index in [4.69, 9.17) is 32.8 Å². The Morgan fingerprint density at radius 2 is 1.11 bits per heavy atom. The van der Waals surface area contributed by atoms with E-state index in [1.165, 1.54) is 24.3 Å². The van der Waals surface area contributed by atoms with Gasteiger partial charge >= 0.3 is 0 Å². The fraction of sp³-hybridized carbons (Fsp3) is 0.545. The monoisotopic (exact) mass is 772 g/mol. The van der Waals surface area contributed by atoms with Crippen LogP contribution in [0, 0.1) is 0 Å². The summed E-state index contributed by atoms with van der Waals surface area (Å²) in [5, 5.41) is 133. The first-order chi connectivity index (χ1) is 25.7. The third kappa shape index (κ3) is 7.45. The Morgan fingerprint density at radius 3 is 1.70 bits per heavy atom. The van der Waals surface area contributed by atoms with Crippen molar-refractivity contribution in [1.82, 2.24) is 0 Å². The SMILES string of the molecule is O=c1c(O[C@H]2O[C@H](CO)[C@H](O[C@@H]3O[C@H](CO)[C@@H](O)[C@H](O)[C@H]3O)[C@H](O)[C@H]2O)c(-c2ccc(O)cc2)oc2cc(O[C@@H]3O[C@H](CO)[C@H](O)[C@@H](O)[C@H]3O)cc(O)c12. The normalized spacial score (nSPS) is 37.3. The van der Waals surface area contributed by atoms with Crippen molar-refractivity contribution in [3.8, 4) is 34.3 Å². The number of aromatic hydroxyl groups is 2. The van der Waals surface area contributed by atoms with Gasteiger partial charge in [-0.1, -0.05) is 0 Å². The minimum absolute atomic E-state index is 0.0925. The number of aliphatic hydroxyl groups is 11. The summed E-state index contributed by atoms with van der Waals surface area (Å²) >= 11 is 0. The third-order valence-electron chi connectivity index (χ3n) is 9.33. The Bertz CT molecular complexity index is 1800. The van der Waals surface area contributed by atoms with E-state index in [-0.39, 0.29) is 28.4 Å². The molecule has 21 heteroatoms. The molecule has 13 N–H and O–H groups in total. The molecule has 2 aromatic carbocycles. The maximum absolute atomic E-state index is 14.0. The van der Waals surface area contributed by atoms with Crippen LogP contribution in [0.4, 0.5) is 0 Å². The molecule has 0 spiro atoms. The molecule has 4 heterocycles. The number of benzene rings is 2. The Hall–Kier alpha value is -3.75. The zero-order chi connectivity index (χ0) is 39.2. The van der Waals surface area contributed by atoms with Crippen LogP contribution in [-0.2, 0) is 18.9 Å². The second-order valence-corrected chi connectivity index (χ2v) is 12.9. The van der Waals surface area contributed by atoms with Gasteiger partial charge in [0.05, 0.1) is 19.8 Å². The third-order valence-corrected chi connectivity index (χ3v) is 9.33. The van der Waals surface area contributed by atoms with Gasteiger partial charge in [0.1, 0.15) is 101 Å². The number of ether oxygens (including phenoxy) is 6. The quantitative estimate of drug-likeness (QED) is 0.0918. The highest BCUT2D eigenvalue weighted by atomic mass is 16.7. The smallest absolute Gasteiger partial charge is 0.239 e. The molecule has 0 saturated carbocycles. The van der Waals surface area contributed by atoms with Gasteiger partial charge in [0, 0.05) is 17.7 Å². The molecule has 0 bridgehead atoms. The van der Waals surface area contributed by atoms with Gasteiger partial charge in [0.2, 0.25) is 23.8 Å². The largest absolute Gasteiger partial charge is 0.508 e. The number of hydrogen-bond donors (Lipinski definition) is 13. The van der Waals surface area contributed by atoms with Crippen molar-refractivity contribution < 1.29 is 99.2 Å². The lowest BCUT2D eigenvalue weighted by molar-refractivity contribution is -0.352. The Morgan fingerprint density at radius 1 is 0.593 bits per heavy atom. The van der Waals surface area contributed by atoms with Crippen molar-refractivity contribution in [2.45, 2.75) is 92.1 Å². The average Bonchev–Trinajstić information content (AvgIpc) is 3.15. The van der Waals surface area contributed by atoms with Crippen LogP contribution >= 0.6 is 0 Å². The van der Waals surface area contributed by atoms with Gasteiger partial charge in [-0.05, 0) is 24.3 Å². The van der Waals surface area contributed by atoms with Crippen molar-refractivity contribution >= 4 is 11.0 Å². The number of phenolic OH excluding ortho intramolecular Hbond substituents is 2. The molecule has 3 aliphatic rings. The first-order valence-corrected chi connectivity index (χ1v) is 16.5. The van der Waals surface area contributed by atoms with Crippen molar-refractivity contribution in [2.24, 2.45) is 0 Å². The van der Waals surface area contributed by atoms with E-state index in [0.29, 0.717) is 0 Å². The van der Waals surface area contributed by atoms with Crippen LogP contribution in [0.25, 0.3) is 22.3 Å². The van der Waals surface area contributed by atoms with E-state index in [9.17, 15) is 71.2 Å². The van der Waals surface area contributed by atoms with Crippen LogP contribution in [0.5, 0.6) is 23.0 Å². The van der Waals surface area contributed by atoms with E-state index >= 15 is 0 Å². The Kier molecular flexibility index (Phi) is 11.9. The molecule has 0 unspecified atom stereocenters. The number of fused-ring (bicyclic) bond motifs is 1. The molecule has 6 rings (SSSR count). The molecule has 0 aliphatic carbocycles. The van der Waals surface area contributed by atoms with Gasteiger partial charge < -0.3 is 99.2 Å². The zero-order valence-corrected chi connectivity index (χ0v) is 27.8. The van der Waals surface area contributed by atoms with Gasteiger partial charge in [-0.25, -0.2) is 0 Å². The fourth-order valence-electron chi connectivity index (χ4n) is 6.30. The first kappa shape index (κ1) is 39.9. The van der Waals surface area contributed by atoms with Gasteiger partial charge in [-0.3, -0.25) is 4.79 Å². The lowest BCUT2D eigenvalue weighted by Gasteiger charge is -2.45. The first-order valence-electron chi connectivity index (χ1n) is 16.5. The summed E-state index contributed by atoms with van der Waals surface area (Å²) in [5.74, 6) is -2.30. The zero-order valence-electron chi connectivity index (χ0n) is 27.8. The topological polar surface area (TPSA) is 349 Å². The number of hydrogen-bond acceptors (Lipinski definition) is 21. The lowest BCUT2D eigenvalue weighted by atomic mass is 9.97. The molecule has 0 amide bonds. The molecule has 298 valence electrons. The van der Waals surface area contributed by atoms with Crippen LogP contribution in [0.1, 0.15) is 0 Å². The number of aliphatic hydroxyl groups excluding tert-OH is 11. The summed E-state index contributed by atoms with van der Waals surface area (Å²) in [4.78, 5) is 14.0. The van der Waals surface area contributed by atoms with E-state index < -0.39 is 134 Å². The van der Waals surface area contributed by atoms with Gasteiger partial charge in [-0.2, -0.15) is 0 Å². The van der Waals surface area contributed by atoms with Crippen LogP contribution in [0.3, 0.4) is 0 Å². The second kappa shape index (κ2) is 16.2. The molecule has 3 fully saturated rings. The highest BCUT2D eigenvalue weighted by Crippen LogP contribution is 2.39. The molecule has 3 saturated heterocycles. The summed E-state index contributed by atoms with van der Waals surface area (Å²) in [6.07, 6.45) is -26.3. The molecule has 54 heavy (non-hydrogen) atoms. The Labute approximate surface area is 303 Å². The predicted octanol–water partition coefficient (Wildman–Crippen LogP) is -4.95. The summed E-state index contributed by atoms with van der Waals surface area (Å²) in [6.45, 7) is -2.46. The fourth-order valence-corrected chi connectivity index (χ4v) is 6.30. The molecule has 1 aromatic heterocycles. The molecule has 3 aromatic rings. The second-order valence-electron chi connectivity index (χ2n) is 12.9. The molecule has 15 atom stereocenters. The minimum atomic E-state index is -2.08. The number of rotatable bonds is 10. The standard InChI is InChI=1S/C33H40O21/c34-7-15-19(39)22(42)25(45)31(50-15)48-12-5-13(38)18-14(6-12)49-28(10-1-3-11(37)4-2-10)30(21(18)41)54-33-27(47)24(44)29(17(9-36)52-33)53-32-26(46)23(43)20(40)16(8-35)51-32/h1-6,15-17,19-20,22-27,29,31-40,42-47H,7-9H2/t15-,16-,17-,19+,20-,22-,23+,24-,25-,26-,27-,29+,31-,32+,33-/m1/s1.